The van der Waals surface area contributed by atoms with Gasteiger partial charge in [-0.25, -0.2) is 21.9 Å². The number of nitrogens with one attached hydrogen (secondary N) is 1. The Hall–Kier alpha value is -1.79. The minimum absolute atomic E-state index is 0.00562. The molecule has 1 N–H and O–H groups in total. The summed E-state index contributed by atoms with van der Waals surface area (Å²) in [5.41, 5.74) is 1.82. The van der Waals surface area contributed by atoms with E-state index in [-0.39, 0.29) is 12.0 Å². The molecule has 3 nitrogen and oxygen atoms in total. The molecule has 124 valence electrons. The van der Waals surface area contributed by atoms with Crippen molar-refractivity contribution < 1.29 is 17.2 Å². The molecule has 0 radical (unpaired) electrons. The van der Waals surface area contributed by atoms with Crippen LogP contribution in [0.25, 0.3) is 0 Å². The van der Waals surface area contributed by atoms with Crippen molar-refractivity contribution in [3.8, 4) is 0 Å². The fourth-order valence-electron chi connectivity index (χ4n) is 2.11. The molecule has 0 aliphatic carbocycles. The van der Waals surface area contributed by atoms with Gasteiger partial charge in [0.1, 0.15) is 11.6 Å². The lowest BCUT2D eigenvalue weighted by atomic mass is 9.87. The highest BCUT2D eigenvalue weighted by Crippen LogP contribution is 2.22. The van der Waals surface area contributed by atoms with E-state index in [1.54, 1.807) is 12.1 Å². The van der Waals surface area contributed by atoms with E-state index in [4.69, 9.17) is 0 Å². The monoisotopic (exact) mass is 339 g/mol. The van der Waals surface area contributed by atoms with Crippen LogP contribution in [0.5, 0.6) is 0 Å². The first-order chi connectivity index (χ1) is 10.6. The van der Waals surface area contributed by atoms with Crippen LogP contribution >= 0.6 is 0 Å². The maximum absolute atomic E-state index is 13.6. The van der Waals surface area contributed by atoms with Gasteiger partial charge in [-0.15, -0.1) is 0 Å². The molecule has 2 aromatic carbocycles. The third-order valence-corrected chi connectivity index (χ3v) is 4.93. The summed E-state index contributed by atoms with van der Waals surface area (Å²) >= 11 is 0. The van der Waals surface area contributed by atoms with E-state index in [2.05, 4.69) is 25.5 Å². The van der Waals surface area contributed by atoms with Gasteiger partial charge in [0.25, 0.3) is 0 Å². The summed E-state index contributed by atoms with van der Waals surface area (Å²) in [4.78, 5) is -0.952. The van der Waals surface area contributed by atoms with Crippen molar-refractivity contribution in [1.82, 2.24) is 4.72 Å². The molecule has 0 aromatic heterocycles. The summed E-state index contributed by atoms with van der Waals surface area (Å²) in [5.74, 6) is -2.22. The van der Waals surface area contributed by atoms with Crippen molar-refractivity contribution in [2.45, 2.75) is 37.6 Å². The molecule has 0 saturated heterocycles. The lowest BCUT2D eigenvalue weighted by molar-refractivity contribution is 0.514. The molecular weight excluding hydrogens is 320 g/mol. The van der Waals surface area contributed by atoms with Crippen LogP contribution in [0.15, 0.2) is 47.4 Å². The largest absolute Gasteiger partial charge is 0.246 e. The molecule has 0 spiro atoms. The third-order valence-electron chi connectivity index (χ3n) is 3.47. The average molecular weight is 339 g/mol. The molecule has 0 fully saturated rings. The van der Waals surface area contributed by atoms with E-state index >= 15 is 0 Å². The quantitative estimate of drug-likeness (QED) is 0.922. The van der Waals surface area contributed by atoms with Crippen molar-refractivity contribution in [2.75, 3.05) is 0 Å². The number of benzene rings is 2. The second kappa shape index (κ2) is 6.37. The number of halogens is 2. The van der Waals surface area contributed by atoms with Crippen LogP contribution < -0.4 is 4.72 Å². The van der Waals surface area contributed by atoms with E-state index < -0.39 is 26.6 Å². The Bertz CT molecular complexity index is 774. The van der Waals surface area contributed by atoms with E-state index in [0.29, 0.717) is 5.56 Å². The van der Waals surface area contributed by atoms with Crippen LogP contribution in [0.4, 0.5) is 8.78 Å². The van der Waals surface area contributed by atoms with Crippen molar-refractivity contribution in [2.24, 2.45) is 0 Å². The highest BCUT2D eigenvalue weighted by Gasteiger charge is 2.23. The van der Waals surface area contributed by atoms with Gasteiger partial charge in [-0.05, 0) is 28.7 Å². The zero-order chi connectivity index (χ0) is 17.3. The third kappa shape index (κ3) is 4.14. The molecule has 0 atom stereocenters. The molecule has 0 aliphatic heterocycles. The Morgan fingerprint density at radius 3 is 1.96 bits per heavy atom. The molecule has 6 heteroatoms. The number of hydrogen-bond donors (Lipinski definition) is 1. The summed E-state index contributed by atoms with van der Waals surface area (Å²) in [6, 6.07) is 10.3. The molecule has 0 aliphatic rings. The van der Waals surface area contributed by atoms with E-state index in [0.717, 1.165) is 23.8 Å². The summed E-state index contributed by atoms with van der Waals surface area (Å²) < 4.78 is 53.6. The van der Waals surface area contributed by atoms with Crippen molar-refractivity contribution >= 4 is 10.0 Å². The summed E-state index contributed by atoms with van der Waals surface area (Å²) in [5, 5.41) is 0. The van der Waals surface area contributed by atoms with Crippen LogP contribution in [-0.4, -0.2) is 8.42 Å². The predicted molar refractivity (Wildman–Crippen MR) is 85.5 cm³/mol. The topological polar surface area (TPSA) is 46.2 Å². The Morgan fingerprint density at radius 1 is 0.957 bits per heavy atom. The molecule has 0 unspecified atom stereocenters. The highest BCUT2D eigenvalue weighted by atomic mass is 32.2. The zero-order valence-electron chi connectivity index (χ0n) is 13.2. The minimum Gasteiger partial charge on any atom is -0.207 e. The molecule has 0 bridgehead atoms. The van der Waals surface area contributed by atoms with Gasteiger partial charge in [0.15, 0.2) is 4.90 Å². The maximum Gasteiger partial charge on any atom is 0.246 e. The lowest BCUT2D eigenvalue weighted by Crippen LogP contribution is -2.25. The first-order valence-corrected chi connectivity index (χ1v) is 8.63. The summed E-state index contributed by atoms with van der Waals surface area (Å²) in [6.45, 7) is 6.18. The standard InChI is InChI=1S/C17H19F2NO2S/c1-17(2,3)13-9-7-12(8-10-13)11-20-23(21,22)16-14(18)5-4-6-15(16)19/h4-10,20H,11H2,1-3H3. The lowest BCUT2D eigenvalue weighted by Gasteiger charge is -2.19. The van der Waals surface area contributed by atoms with Gasteiger partial charge in [0.05, 0.1) is 0 Å². The van der Waals surface area contributed by atoms with Gasteiger partial charge >= 0.3 is 0 Å². The second-order valence-electron chi connectivity index (χ2n) is 6.32. The van der Waals surface area contributed by atoms with Crippen LogP contribution in [0.1, 0.15) is 31.9 Å². The van der Waals surface area contributed by atoms with Crippen LogP contribution in [0.2, 0.25) is 0 Å². The Kier molecular flexibility index (Phi) is 4.87. The normalized spacial score (nSPS) is 12.4. The molecule has 0 saturated carbocycles. The minimum atomic E-state index is -4.26. The van der Waals surface area contributed by atoms with Crippen molar-refractivity contribution in [3.05, 3.63) is 65.2 Å². The van der Waals surface area contributed by atoms with E-state index in [9.17, 15) is 17.2 Å². The van der Waals surface area contributed by atoms with Gasteiger partial charge in [0, 0.05) is 6.54 Å². The van der Waals surface area contributed by atoms with Crippen molar-refractivity contribution in [3.63, 3.8) is 0 Å². The zero-order valence-corrected chi connectivity index (χ0v) is 14.0. The number of sulfonamides is 1. The second-order valence-corrected chi connectivity index (χ2v) is 8.03. The molecule has 0 heterocycles. The van der Waals surface area contributed by atoms with Crippen molar-refractivity contribution in [1.29, 1.82) is 0 Å². The smallest absolute Gasteiger partial charge is 0.207 e. The van der Waals surface area contributed by atoms with Crippen LogP contribution in [-0.2, 0) is 22.0 Å². The summed E-state index contributed by atoms with van der Waals surface area (Å²) in [7, 11) is -4.26. The summed E-state index contributed by atoms with van der Waals surface area (Å²) in [6.07, 6.45) is 0. The van der Waals surface area contributed by atoms with Gasteiger partial charge in [-0.3, -0.25) is 0 Å². The van der Waals surface area contributed by atoms with Crippen LogP contribution in [0.3, 0.4) is 0 Å². The highest BCUT2D eigenvalue weighted by molar-refractivity contribution is 7.89. The van der Waals surface area contributed by atoms with Gasteiger partial charge in [0.2, 0.25) is 10.0 Å². The van der Waals surface area contributed by atoms with Gasteiger partial charge in [-0.1, -0.05) is 51.1 Å². The first kappa shape index (κ1) is 17.6. The predicted octanol–water partition coefficient (Wildman–Crippen LogP) is 3.74. The molecular formula is C17H19F2NO2S. The van der Waals surface area contributed by atoms with Crippen LogP contribution in [0, 0.1) is 11.6 Å². The Labute approximate surface area is 135 Å². The van der Waals surface area contributed by atoms with Gasteiger partial charge < -0.3 is 0 Å². The molecule has 23 heavy (non-hydrogen) atoms. The number of hydrogen-bond acceptors (Lipinski definition) is 2. The Balaban J connectivity index is 2.17. The number of rotatable bonds is 4. The van der Waals surface area contributed by atoms with E-state index in [1.165, 1.54) is 0 Å². The SMILES string of the molecule is CC(C)(C)c1ccc(CNS(=O)(=O)c2c(F)cccc2F)cc1. The fraction of sp³-hybridized carbons (Fsp3) is 0.294. The molecule has 2 aromatic rings. The van der Waals surface area contributed by atoms with E-state index in [1.807, 2.05) is 12.1 Å². The fourth-order valence-corrected chi connectivity index (χ4v) is 3.26. The Morgan fingerprint density at radius 2 is 1.48 bits per heavy atom. The molecule has 0 amide bonds. The average Bonchev–Trinajstić information content (AvgIpc) is 2.44. The first-order valence-electron chi connectivity index (χ1n) is 7.14. The molecule has 2 rings (SSSR count). The van der Waals surface area contributed by atoms with Gasteiger partial charge in [-0.2, -0.15) is 0 Å². The maximum atomic E-state index is 13.6.